The van der Waals surface area contributed by atoms with E-state index in [-0.39, 0.29) is 24.3 Å². The molecule has 7 heteroatoms. The second-order valence-electron chi connectivity index (χ2n) is 7.81. The Labute approximate surface area is 178 Å². The van der Waals surface area contributed by atoms with Gasteiger partial charge in [-0.15, -0.1) is 0 Å². The summed E-state index contributed by atoms with van der Waals surface area (Å²) < 4.78 is 7.46. The van der Waals surface area contributed by atoms with Crippen molar-refractivity contribution in [2.45, 2.75) is 24.8 Å². The van der Waals surface area contributed by atoms with E-state index in [1.165, 1.54) is 0 Å². The van der Waals surface area contributed by atoms with E-state index in [1.54, 1.807) is 7.11 Å². The maximum absolute atomic E-state index is 13.0. The number of rotatable bonds is 4. The lowest BCUT2D eigenvalue weighted by molar-refractivity contribution is -0.126. The average molecular weight is 425 g/mol. The number of aromatic nitrogens is 1. The summed E-state index contributed by atoms with van der Waals surface area (Å²) in [5.41, 5.74) is 3.60. The Bertz CT molecular complexity index is 1190. The molecule has 0 spiro atoms. The molecule has 154 valence electrons. The SMILES string of the molecule is COc1ccc2c(c1)c1c(n2CCO)CC(c2ccccc2Cl)C2C(=O)NC(=O)C12. The molecule has 2 amide bonds. The number of imide groups is 1. The predicted molar refractivity (Wildman–Crippen MR) is 113 cm³/mol. The molecule has 0 radical (unpaired) electrons. The van der Waals surface area contributed by atoms with Gasteiger partial charge in [0.05, 0.1) is 25.6 Å². The minimum atomic E-state index is -0.600. The molecule has 2 heterocycles. The lowest BCUT2D eigenvalue weighted by atomic mass is 9.69. The van der Waals surface area contributed by atoms with Gasteiger partial charge in [-0.2, -0.15) is 0 Å². The van der Waals surface area contributed by atoms with Gasteiger partial charge in [0.15, 0.2) is 0 Å². The summed E-state index contributed by atoms with van der Waals surface area (Å²) in [5, 5.41) is 13.7. The molecule has 0 saturated carbocycles. The molecule has 1 aromatic heterocycles. The molecule has 2 N–H and O–H groups in total. The van der Waals surface area contributed by atoms with Crippen molar-refractivity contribution in [3.63, 3.8) is 0 Å². The van der Waals surface area contributed by atoms with Gasteiger partial charge < -0.3 is 14.4 Å². The van der Waals surface area contributed by atoms with Crippen LogP contribution in [0.15, 0.2) is 42.5 Å². The van der Waals surface area contributed by atoms with Crippen molar-refractivity contribution in [2.24, 2.45) is 5.92 Å². The Morgan fingerprint density at radius 1 is 1.20 bits per heavy atom. The molecule has 5 rings (SSSR count). The zero-order chi connectivity index (χ0) is 21.0. The summed E-state index contributed by atoms with van der Waals surface area (Å²) in [6.45, 7) is 0.374. The number of benzene rings is 2. The number of hydrogen-bond acceptors (Lipinski definition) is 4. The third-order valence-electron chi connectivity index (χ3n) is 6.40. The van der Waals surface area contributed by atoms with Crippen LogP contribution >= 0.6 is 11.6 Å². The molecule has 1 aliphatic heterocycles. The van der Waals surface area contributed by atoms with Crippen LogP contribution in [0.1, 0.15) is 28.7 Å². The number of hydrogen-bond donors (Lipinski definition) is 2. The number of fused-ring (bicyclic) bond motifs is 5. The fourth-order valence-electron chi connectivity index (χ4n) is 5.20. The molecule has 1 saturated heterocycles. The fraction of sp³-hybridized carbons (Fsp3) is 0.304. The Hall–Kier alpha value is -2.83. The molecule has 1 aliphatic carbocycles. The normalized spacial score (nSPS) is 22.7. The number of carbonyl (C=O) groups excluding carboxylic acids is 2. The van der Waals surface area contributed by atoms with Gasteiger partial charge in [-0.3, -0.25) is 14.9 Å². The Morgan fingerprint density at radius 2 is 2.00 bits per heavy atom. The summed E-state index contributed by atoms with van der Waals surface area (Å²) in [6.07, 6.45) is 0.554. The first-order chi connectivity index (χ1) is 14.5. The van der Waals surface area contributed by atoms with Crippen molar-refractivity contribution in [3.05, 3.63) is 64.3 Å². The van der Waals surface area contributed by atoms with Crippen LogP contribution in [0, 0.1) is 5.92 Å². The third kappa shape index (κ3) is 2.67. The third-order valence-corrected chi connectivity index (χ3v) is 6.74. The van der Waals surface area contributed by atoms with E-state index in [4.69, 9.17) is 16.3 Å². The van der Waals surface area contributed by atoms with Crippen LogP contribution < -0.4 is 10.1 Å². The maximum Gasteiger partial charge on any atom is 0.235 e. The Balaban J connectivity index is 1.80. The highest BCUT2D eigenvalue weighted by molar-refractivity contribution is 6.31. The zero-order valence-electron chi connectivity index (χ0n) is 16.4. The van der Waals surface area contributed by atoms with Crippen molar-refractivity contribution in [1.29, 1.82) is 0 Å². The summed E-state index contributed by atoms with van der Waals surface area (Å²) >= 11 is 6.50. The predicted octanol–water partition coefficient (Wildman–Crippen LogP) is 2.99. The minimum absolute atomic E-state index is 0.0295. The van der Waals surface area contributed by atoms with Gasteiger partial charge >= 0.3 is 0 Å². The van der Waals surface area contributed by atoms with Gasteiger partial charge in [0.25, 0.3) is 0 Å². The molecule has 3 aromatic rings. The highest BCUT2D eigenvalue weighted by atomic mass is 35.5. The number of methoxy groups -OCH3 is 1. The van der Waals surface area contributed by atoms with E-state index in [1.807, 2.05) is 42.5 Å². The first-order valence-electron chi connectivity index (χ1n) is 9.94. The van der Waals surface area contributed by atoms with Crippen LogP contribution in [-0.2, 0) is 22.6 Å². The van der Waals surface area contributed by atoms with Crippen molar-refractivity contribution in [1.82, 2.24) is 9.88 Å². The van der Waals surface area contributed by atoms with E-state index >= 15 is 0 Å². The van der Waals surface area contributed by atoms with Crippen molar-refractivity contribution < 1.29 is 19.4 Å². The van der Waals surface area contributed by atoms with Crippen LogP contribution in [-0.4, -0.2) is 35.2 Å². The number of nitrogens with one attached hydrogen (secondary N) is 1. The van der Waals surface area contributed by atoms with Crippen LogP contribution in [0.5, 0.6) is 5.75 Å². The highest BCUT2D eigenvalue weighted by Crippen LogP contribution is 2.51. The molecular weight excluding hydrogens is 404 g/mol. The van der Waals surface area contributed by atoms with Gasteiger partial charge in [0.1, 0.15) is 5.75 Å². The monoisotopic (exact) mass is 424 g/mol. The standard InChI is InChI=1S/C23H21ClN2O4/c1-30-12-6-7-17-15(10-12)19-18(26(17)8-9-27)11-14(13-4-2-3-5-16(13)24)20-21(19)23(29)25-22(20)28/h2-7,10,14,20-21,27H,8-9,11H2,1H3,(H,25,28,29). The lowest BCUT2D eigenvalue weighted by Crippen LogP contribution is -2.32. The second kappa shape index (κ2) is 7.15. The highest BCUT2D eigenvalue weighted by Gasteiger charge is 2.52. The van der Waals surface area contributed by atoms with Crippen molar-refractivity contribution in [2.75, 3.05) is 13.7 Å². The Morgan fingerprint density at radius 3 is 2.73 bits per heavy atom. The molecule has 2 aromatic carbocycles. The van der Waals surface area contributed by atoms with Crippen LogP contribution in [0.25, 0.3) is 10.9 Å². The van der Waals surface area contributed by atoms with E-state index in [2.05, 4.69) is 9.88 Å². The number of amides is 2. The van der Waals surface area contributed by atoms with Crippen LogP contribution in [0.3, 0.4) is 0 Å². The van der Waals surface area contributed by atoms with E-state index in [0.29, 0.717) is 23.7 Å². The van der Waals surface area contributed by atoms with Gasteiger partial charge in [-0.25, -0.2) is 0 Å². The summed E-state index contributed by atoms with van der Waals surface area (Å²) in [7, 11) is 1.60. The van der Waals surface area contributed by atoms with Gasteiger partial charge in [0.2, 0.25) is 11.8 Å². The van der Waals surface area contributed by atoms with Gasteiger partial charge in [0, 0.05) is 34.1 Å². The summed E-state index contributed by atoms with van der Waals surface area (Å²) in [6, 6.07) is 13.2. The van der Waals surface area contributed by atoms with E-state index < -0.39 is 11.8 Å². The number of nitrogens with zero attached hydrogens (tertiary/aromatic N) is 1. The molecular formula is C23H21ClN2O4. The summed E-state index contributed by atoms with van der Waals surface area (Å²) in [4.78, 5) is 25.8. The average Bonchev–Trinajstić information content (AvgIpc) is 3.21. The van der Waals surface area contributed by atoms with E-state index in [9.17, 15) is 14.7 Å². The smallest absolute Gasteiger partial charge is 0.235 e. The number of aliphatic hydroxyl groups excluding tert-OH is 1. The quantitative estimate of drug-likeness (QED) is 0.631. The number of ether oxygens (including phenoxy) is 1. The number of aliphatic hydroxyl groups is 1. The van der Waals surface area contributed by atoms with Gasteiger partial charge in [-0.1, -0.05) is 29.8 Å². The molecule has 6 nitrogen and oxygen atoms in total. The first-order valence-corrected chi connectivity index (χ1v) is 10.3. The maximum atomic E-state index is 13.0. The summed E-state index contributed by atoms with van der Waals surface area (Å²) in [5.74, 6) is -1.21. The van der Waals surface area contributed by atoms with Gasteiger partial charge in [-0.05, 0) is 41.8 Å². The molecule has 2 aliphatic rings. The van der Waals surface area contributed by atoms with Crippen LogP contribution in [0.2, 0.25) is 5.02 Å². The largest absolute Gasteiger partial charge is 0.497 e. The zero-order valence-corrected chi connectivity index (χ0v) is 17.1. The molecule has 30 heavy (non-hydrogen) atoms. The lowest BCUT2D eigenvalue weighted by Gasteiger charge is -2.33. The number of halogens is 1. The molecule has 3 unspecified atom stereocenters. The van der Waals surface area contributed by atoms with E-state index in [0.717, 1.165) is 27.7 Å². The van der Waals surface area contributed by atoms with Crippen molar-refractivity contribution >= 4 is 34.3 Å². The fourth-order valence-corrected chi connectivity index (χ4v) is 5.48. The van der Waals surface area contributed by atoms with Crippen molar-refractivity contribution in [3.8, 4) is 5.75 Å². The minimum Gasteiger partial charge on any atom is -0.497 e. The molecule has 0 bridgehead atoms. The first kappa shape index (κ1) is 19.2. The second-order valence-corrected chi connectivity index (χ2v) is 8.21. The number of carbonyl (C=O) groups is 2. The van der Waals surface area contributed by atoms with Crippen LogP contribution in [0.4, 0.5) is 0 Å². The molecule has 3 atom stereocenters. The topological polar surface area (TPSA) is 80.6 Å². The Kier molecular flexibility index (Phi) is 4.56. The molecule has 1 fully saturated rings.